The molecule has 20 heavy (non-hydrogen) atoms. The van der Waals surface area contributed by atoms with Crippen LogP contribution in [0.25, 0.3) is 0 Å². The van der Waals surface area contributed by atoms with Crippen LogP contribution >= 0.6 is 0 Å². The van der Waals surface area contributed by atoms with Crippen LogP contribution in [0.2, 0.25) is 0 Å². The van der Waals surface area contributed by atoms with Crippen molar-refractivity contribution in [3.05, 3.63) is 35.4 Å². The molecule has 1 unspecified atom stereocenters. The van der Waals surface area contributed by atoms with E-state index in [-0.39, 0.29) is 30.3 Å². The van der Waals surface area contributed by atoms with Crippen molar-refractivity contribution >= 4 is 11.8 Å². The van der Waals surface area contributed by atoms with E-state index < -0.39 is 0 Å². The molecule has 4 heteroatoms. The van der Waals surface area contributed by atoms with Crippen molar-refractivity contribution in [1.82, 2.24) is 10.2 Å². The fourth-order valence-corrected chi connectivity index (χ4v) is 2.59. The minimum atomic E-state index is -0.373. The highest BCUT2D eigenvalue weighted by molar-refractivity contribution is 5.94. The summed E-state index contributed by atoms with van der Waals surface area (Å²) in [6.07, 6.45) is 1.000. The number of hydrogen-bond acceptors (Lipinski definition) is 2. The van der Waals surface area contributed by atoms with Crippen LogP contribution in [-0.2, 0) is 22.6 Å². The van der Waals surface area contributed by atoms with Crippen LogP contribution in [0.3, 0.4) is 0 Å². The van der Waals surface area contributed by atoms with Crippen LogP contribution < -0.4 is 5.32 Å². The normalized spacial score (nSPS) is 19.4. The Hall–Kier alpha value is -1.84. The first-order valence-corrected chi connectivity index (χ1v) is 7.18. The minimum Gasteiger partial charge on any atom is -0.345 e. The number of carbonyl (C=O) groups is 2. The Morgan fingerprint density at radius 1 is 1.20 bits per heavy atom. The monoisotopic (exact) mass is 274 g/mol. The first kappa shape index (κ1) is 14.6. The number of piperazine rings is 1. The molecule has 1 atom stereocenters. The number of carbonyl (C=O) groups excluding carboxylic acids is 2. The third-order valence-electron chi connectivity index (χ3n) is 3.75. The third-order valence-corrected chi connectivity index (χ3v) is 3.75. The third kappa shape index (κ3) is 3.00. The lowest BCUT2D eigenvalue weighted by atomic mass is 9.98. The molecule has 1 aromatic carbocycles. The smallest absolute Gasteiger partial charge is 0.243 e. The summed E-state index contributed by atoms with van der Waals surface area (Å²) >= 11 is 0. The van der Waals surface area contributed by atoms with Crippen molar-refractivity contribution in [2.24, 2.45) is 5.92 Å². The topological polar surface area (TPSA) is 49.4 Å². The zero-order valence-corrected chi connectivity index (χ0v) is 12.3. The van der Waals surface area contributed by atoms with Crippen molar-refractivity contribution in [3.63, 3.8) is 0 Å². The maximum absolute atomic E-state index is 12.1. The highest BCUT2D eigenvalue weighted by Crippen LogP contribution is 2.18. The van der Waals surface area contributed by atoms with Gasteiger partial charge in [-0.1, -0.05) is 45.0 Å². The average Bonchev–Trinajstić information content (AvgIpc) is 2.43. The molecule has 1 aliphatic heterocycles. The van der Waals surface area contributed by atoms with Crippen LogP contribution in [0.4, 0.5) is 0 Å². The zero-order valence-electron chi connectivity index (χ0n) is 12.3. The van der Waals surface area contributed by atoms with Gasteiger partial charge in [-0.2, -0.15) is 0 Å². The quantitative estimate of drug-likeness (QED) is 0.909. The van der Waals surface area contributed by atoms with Gasteiger partial charge in [0.15, 0.2) is 0 Å². The van der Waals surface area contributed by atoms with Gasteiger partial charge < -0.3 is 10.2 Å². The molecule has 2 amide bonds. The first-order valence-electron chi connectivity index (χ1n) is 7.18. The lowest BCUT2D eigenvalue weighted by Crippen LogP contribution is -2.59. The van der Waals surface area contributed by atoms with E-state index in [2.05, 4.69) is 24.4 Å². The van der Waals surface area contributed by atoms with Gasteiger partial charge in [0.1, 0.15) is 6.04 Å². The summed E-state index contributed by atoms with van der Waals surface area (Å²) in [7, 11) is 0. The Labute approximate surface area is 120 Å². The summed E-state index contributed by atoms with van der Waals surface area (Å²) in [4.78, 5) is 25.8. The van der Waals surface area contributed by atoms with E-state index in [0.29, 0.717) is 6.54 Å². The number of amides is 2. The maximum atomic E-state index is 12.1. The van der Waals surface area contributed by atoms with Gasteiger partial charge in [-0.25, -0.2) is 0 Å². The highest BCUT2D eigenvalue weighted by atomic mass is 16.2. The van der Waals surface area contributed by atoms with Gasteiger partial charge in [-0.3, -0.25) is 9.59 Å². The molecule has 2 rings (SSSR count). The van der Waals surface area contributed by atoms with Crippen molar-refractivity contribution in [1.29, 1.82) is 0 Å². The van der Waals surface area contributed by atoms with E-state index in [9.17, 15) is 9.59 Å². The SMILES string of the molecule is CCc1ccc(CN2C(=O)CNC(=O)C2C(C)C)cc1. The summed E-state index contributed by atoms with van der Waals surface area (Å²) < 4.78 is 0. The van der Waals surface area contributed by atoms with Gasteiger partial charge in [-0.05, 0) is 23.5 Å². The summed E-state index contributed by atoms with van der Waals surface area (Å²) in [6.45, 7) is 6.66. The van der Waals surface area contributed by atoms with Gasteiger partial charge in [0, 0.05) is 6.54 Å². The molecule has 1 heterocycles. The number of hydrogen-bond donors (Lipinski definition) is 1. The Balaban J connectivity index is 2.18. The molecule has 1 saturated heterocycles. The molecule has 0 bridgehead atoms. The second kappa shape index (κ2) is 6.07. The molecule has 0 saturated carbocycles. The van der Waals surface area contributed by atoms with Gasteiger partial charge in [0.05, 0.1) is 6.54 Å². The fourth-order valence-electron chi connectivity index (χ4n) is 2.59. The Kier molecular flexibility index (Phi) is 4.42. The Morgan fingerprint density at radius 3 is 2.35 bits per heavy atom. The molecule has 4 nitrogen and oxygen atoms in total. The number of aryl methyl sites for hydroxylation is 1. The second-order valence-corrected chi connectivity index (χ2v) is 5.60. The van der Waals surface area contributed by atoms with E-state index >= 15 is 0 Å². The molecular weight excluding hydrogens is 252 g/mol. The molecule has 108 valence electrons. The van der Waals surface area contributed by atoms with E-state index in [4.69, 9.17) is 0 Å². The highest BCUT2D eigenvalue weighted by Gasteiger charge is 2.36. The predicted octanol–water partition coefficient (Wildman–Crippen LogP) is 1.73. The molecule has 1 N–H and O–H groups in total. The Morgan fingerprint density at radius 2 is 1.80 bits per heavy atom. The standard InChI is InChI=1S/C16H22N2O2/c1-4-12-5-7-13(8-6-12)10-18-14(19)9-17-16(20)15(18)11(2)3/h5-8,11,15H,4,9-10H2,1-3H3,(H,17,20). The van der Waals surface area contributed by atoms with Gasteiger partial charge >= 0.3 is 0 Å². The molecule has 1 aliphatic rings. The molecule has 0 spiro atoms. The van der Waals surface area contributed by atoms with Crippen LogP contribution in [0.15, 0.2) is 24.3 Å². The molecule has 0 radical (unpaired) electrons. The summed E-state index contributed by atoms with van der Waals surface area (Å²) in [5.41, 5.74) is 2.34. The lowest BCUT2D eigenvalue weighted by Gasteiger charge is -2.37. The zero-order chi connectivity index (χ0) is 14.7. The van der Waals surface area contributed by atoms with Crippen LogP contribution in [0, 0.1) is 5.92 Å². The van der Waals surface area contributed by atoms with Crippen molar-refractivity contribution in [3.8, 4) is 0 Å². The fraction of sp³-hybridized carbons (Fsp3) is 0.500. The lowest BCUT2D eigenvalue weighted by molar-refractivity contribution is -0.148. The number of nitrogens with one attached hydrogen (secondary N) is 1. The largest absolute Gasteiger partial charge is 0.345 e. The van der Waals surface area contributed by atoms with E-state index in [1.165, 1.54) is 5.56 Å². The molecule has 1 aromatic rings. The number of benzene rings is 1. The average molecular weight is 274 g/mol. The van der Waals surface area contributed by atoms with Crippen molar-refractivity contribution in [2.75, 3.05) is 6.54 Å². The van der Waals surface area contributed by atoms with Crippen molar-refractivity contribution < 1.29 is 9.59 Å². The van der Waals surface area contributed by atoms with E-state index in [0.717, 1.165) is 12.0 Å². The summed E-state index contributed by atoms with van der Waals surface area (Å²) in [5, 5.41) is 2.67. The van der Waals surface area contributed by atoms with E-state index in [1.807, 2.05) is 26.0 Å². The first-order chi connectivity index (χ1) is 9.52. The van der Waals surface area contributed by atoms with Crippen LogP contribution in [-0.4, -0.2) is 29.3 Å². The molecule has 1 fully saturated rings. The van der Waals surface area contributed by atoms with E-state index in [1.54, 1.807) is 4.90 Å². The van der Waals surface area contributed by atoms with Crippen LogP contribution in [0.5, 0.6) is 0 Å². The number of nitrogens with zero attached hydrogens (tertiary/aromatic N) is 1. The van der Waals surface area contributed by atoms with Gasteiger partial charge in [0.25, 0.3) is 0 Å². The molecule has 0 aliphatic carbocycles. The maximum Gasteiger partial charge on any atom is 0.243 e. The molecule has 0 aromatic heterocycles. The predicted molar refractivity (Wildman–Crippen MR) is 78.0 cm³/mol. The summed E-state index contributed by atoms with van der Waals surface area (Å²) in [6, 6.07) is 7.86. The Bertz CT molecular complexity index is 494. The summed E-state index contributed by atoms with van der Waals surface area (Å²) in [5.74, 6) is 0.0433. The van der Waals surface area contributed by atoms with Gasteiger partial charge in [0.2, 0.25) is 11.8 Å². The van der Waals surface area contributed by atoms with Gasteiger partial charge in [-0.15, -0.1) is 0 Å². The van der Waals surface area contributed by atoms with Crippen molar-refractivity contribution in [2.45, 2.75) is 39.8 Å². The second-order valence-electron chi connectivity index (χ2n) is 5.60. The minimum absolute atomic E-state index is 0.0112. The molecular formula is C16H22N2O2. The number of rotatable bonds is 4. The van der Waals surface area contributed by atoms with Crippen LogP contribution in [0.1, 0.15) is 31.9 Å².